The van der Waals surface area contributed by atoms with E-state index in [1.165, 1.54) is 39.1 Å². The van der Waals surface area contributed by atoms with Crippen LogP contribution in [0.2, 0.25) is 0 Å². The van der Waals surface area contributed by atoms with E-state index in [9.17, 15) is 4.79 Å². The molecule has 0 aliphatic heterocycles. The fraction of sp³-hybridized carbons (Fsp3) is 0.200. The minimum absolute atomic E-state index is 0.104. The lowest BCUT2D eigenvalue weighted by molar-refractivity contribution is -0.113. The Morgan fingerprint density at radius 2 is 2.12 bits per heavy atom. The Kier molecular flexibility index (Phi) is 4.21. The van der Waals surface area contributed by atoms with Crippen molar-refractivity contribution in [1.82, 2.24) is 15.2 Å². The molecule has 1 aliphatic rings. The number of thioether (sulfide) groups is 1. The number of fused-ring (bicyclic) bond motifs is 3. The number of anilines is 2. The highest BCUT2D eigenvalue weighted by molar-refractivity contribution is 8.01. The molecule has 9 heteroatoms. The third-order valence-corrected chi connectivity index (χ3v) is 6.50. The van der Waals surface area contributed by atoms with Crippen molar-refractivity contribution in [3.05, 3.63) is 34.7 Å². The normalized spacial score (nSPS) is 12.5. The zero-order chi connectivity index (χ0) is 16.5. The summed E-state index contributed by atoms with van der Waals surface area (Å²) < 4.78 is 0.690. The van der Waals surface area contributed by atoms with E-state index in [-0.39, 0.29) is 11.7 Å². The van der Waals surface area contributed by atoms with Crippen LogP contribution in [0.3, 0.4) is 0 Å². The number of rotatable bonds is 4. The van der Waals surface area contributed by atoms with E-state index in [1.54, 1.807) is 11.3 Å². The van der Waals surface area contributed by atoms with Gasteiger partial charge in [0, 0.05) is 10.4 Å². The number of aromatic nitrogens is 3. The molecule has 4 rings (SSSR count). The molecule has 0 unspecified atom stereocenters. The molecule has 0 saturated heterocycles. The van der Waals surface area contributed by atoms with Crippen LogP contribution in [0.15, 0.2) is 28.6 Å². The molecule has 0 atom stereocenters. The first-order valence-electron chi connectivity index (χ1n) is 7.28. The van der Waals surface area contributed by atoms with Crippen molar-refractivity contribution in [2.24, 2.45) is 0 Å². The maximum Gasteiger partial charge on any atom is 0.236 e. The van der Waals surface area contributed by atoms with Crippen LogP contribution in [-0.4, -0.2) is 26.8 Å². The second-order valence-electron chi connectivity index (χ2n) is 5.19. The Hall–Kier alpha value is -1.97. The molecule has 1 aliphatic carbocycles. The molecule has 24 heavy (non-hydrogen) atoms. The van der Waals surface area contributed by atoms with Crippen LogP contribution in [0.25, 0.3) is 11.3 Å². The number of carbonyl (C=O) groups is 1. The van der Waals surface area contributed by atoms with Crippen molar-refractivity contribution in [1.29, 1.82) is 0 Å². The molecule has 3 N–H and O–H groups in total. The van der Waals surface area contributed by atoms with Gasteiger partial charge in [0.1, 0.15) is 0 Å². The number of hydrogen-bond donors (Lipinski definition) is 2. The SMILES string of the molecule is Nc1nnc(SCC(=O)Nc2nc3c(s2)CCc2ccccc2-3)s1. The van der Waals surface area contributed by atoms with Crippen molar-refractivity contribution >= 4 is 50.6 Å². The lowest BCUT2D eigenvalue weighted by Gasteiger charge is -2.13. The highest BCUT2D eigenvalue weighted by Gasteiger charge is 2.21. The highest BCUT2D eigenvalue weighted by atomic mass is 32.2. The monoisotopic (exact) mass is 375 g/mol. The van der Waals surface area contributed by atoms with Crippen molar-refractivity contribution in [2.75, 3.05) is 16.8 Å². The van der Waals surface area contributed by atoms with Crippen LogP contribution in [-0.2, 0) is 17.6 Å². The number of benzene rings is 1. The van der Waals surface area contributed by atoms with Crippen LogP contribution < -0.4 is 11.1 Å². The quantitative estimate of drug-likeness (QED) is 0.681. The van der Waals surface area contributed by atoms with Gasteiger partial charge in [-0.05, 0) is 18.4 Å². The Morgan fingerprint density at radius 3 is 2.96 bits per heavy atom. The van der Waals surface area contributed by atoms with E-state index in [2.05, 4.69) is 38.7 Å². The number of hydrogen-bond acceptors (Lipinski definition) is 8. The maximum absolute atomic E-state index is 12.1. The predicted octanol–water partition coefficient (Wildman–Crippen LogP) is 3.07. The molecule has 1 aromatic carbocycles. The first kappa shape index (κ1) is 15.6. The van der Waals surface area contributed by atoms with Gasteiger partial charge in [-0.15, -0.1) is 21.5 Å². The highest BCUT2D eigenvalue weighted by Crippen LogP contribution is 2.38. The van der Waals surface area contributed by atoms with Gasteiger partial charge in [0.15, 0.2) is 9.47 Å². The fourth-order valence-corrected chi connectivity index (χ4v) is 4.99. The first-order chi connectivity index (χ1) is 11.7. The van der Waals surface area contributed by atoms with Crippen LogP contribution >= 0.6 is 34.4 Å². The lowest BCUT2D eigenvalue weighted by Crippen LogP contribution is -2.13. The molecular formula is C15H13N5OS3. The van der Waals surface area contributed by atoms with Gasteiger partial charge >= 0.3 is 0 Å². The largest absolute Gasteiger partial charge is 0.374 e. The molecule has 0 spiro atoms. The average Bonchev–Trinajstić information content (AvgIpc) is 3.18. The summed E-state index contributed by atoms with van der Waals surface area (Å²) in [6.07, 6.45) is 1.99. The van der Waals surface area contributed by atoms with Crippen molar-refractivity contribution < 1.29 is 4.79 Å². The first-order valence-corrected chi connectivity index (χ1v) is 9.90. The lowest BCUT2D eigenvalue weighted by atomic mass is 9.94. The summed E-state index contributed by atoms with van der Waals surface area (Å²) in [7, 11) is 0. The molecule has 122 valence electrons. The van der Waals surface area contributed by atoms with Gasteiger partial charge in [0.2, 0.25) is 11.0 Å². The van der Waals surface area contributed by atoms with Crippen LogP contribution in [0.5, 0.6) is 0 Å². The summed E-state index contributed by atoms with van der Waals surface area (Å²) >= 11 is 4.15. The second-order valence-corrected chi connectivity index (χ2v) is 8.51. The maximum atomic E-state index is 12.1. The number of carbonyl (C=O) groups excluding carboxylic acids is 1. The summed E-state index contributed by atoms with van der Waals surface area (Å²) in [6, 6.07) is 8.31. The smallest absolute Gasteiger partial charge is 0.236 e. The van der Waals surface area contributed by atoms with Crippen LogP contribution in [0, 0.1) is 0 Å². The number of aryl methyl sites for hydroxylation is 2. The van der Waals surface area contributed by atoms with E-state index in [0.29, 0.717) is 14.6 Å². The third kappa shape index (κ3) is 3.14. The minimum atomic E-state index is -0.104. The number of nitrogens with two attached hydrogens (primary N) is 1. The number of nitrogens with zero attached hydrogens (tertiary/aromatic N) is 3. The number of thiazole rings is 1. The topological polar surface area (TPSA) is 93.8 Å². The molecule has 2 aromatic heterocycles. The van der Waals surface area contributed by atoms with Gasteiger partial charge in [-0.1, -0.05) is 47.4 Å². The Bertz CT molecular complexity index is 904. The molecule has 0 saturated carbocycles. The van der Waals surface area contributed by atoms with Gasteiger partial charge < -0.3 is 11.1 Å². The summed E-state index contributed by atoms with van der Waals surface area (Å²) in [6.45, 7) is 0. The molecule has 6 nitrogen and oxygen atoms in total. The Balaban J connectivity index is 1.45. The van der Waals surface area contributed by atoms with E-state index in [1.807, 2.05) is 6.07 Å². The third-order valence-electron chi connectivity index (χ3n) is 3.59. The zero-order valence-electron chi connectivity index (χ0n) is 12.5. The zero-order valence-corrected chi connectivity index (χ0v) is 14.9. The van der Waals surface area contributed by atoms with Gasteiger partial charge in [-0.25, -0.2) is 4.98 Å². The number of nitrogen functional groups attached to an aromatic ring is 1. The molecule has 1 amide bonds. The summed E-state index contributed by atoms with van der Waals surface area (Å²) in [5, 5.41) is 11.6. The summed E-state index contributed by atoms with van der Waals surface area (Å²) in [5.74, 6) is 0.156. The minimum Gasteiger partial charge on any atom is -0.374 e. The van der Waals surface area contributed by atoms with Gasteiger partial charge in [0.25, 0.3) is 0 Å². The van der Waals surface area contributed by atoms with E-state index in [0.717, 1.165) is 18.5 Å². The Morgan fingerprint density at radius 1 is 1.25 bits per heavy atom. The molecule has 2 heterocycles. The van der Waals surface area contributed by atoms with E-state index >= 15 is 0 Å². The standard InChI is InChI=1S/C15H13N5OS3/c16-13-19-20-15(24-13)22-7-11(21)17-14-18-12-9-4-2-1-3-8(9)5-6-10(12)23-14/h1-4H,5-7H2,(H2,16,19)(H,17,18,21). The number of amides is 1. The predicted molar refractivity (Wildman–Crippen MR) is 98.6 cm³/mol. The average molecular weight is 376 g/mol. The van der Waals surface area contributed by atoms with Gasteiger partial charge in [-0.2, -0.15) is 0 Å². The summed E-state index contributed by atoms with van der Waals surface area (Å²) in [5.41, 5.74) is 9.02. The van der Waals surface area contributed by atoms with E-state index < -0.39 is 0 Å². The molecule has 0 fully saturated rings. The van der Waals surface area contributed by atoms with Crippen molar-refractivity contribution in [3.63, 3.8) is 0 Å². The van der Waals surface area contributed by atoms with Crippen molar-refractivity contribution in [2.45, 2.75) is 17.2 Å². The molecule has 0 radical (unpaired) electrons. The van der Waals surface area contributed by atoms with E-state index in [4.69, 9.17) is 5.73 Å². The molecular weight excluding hydrogens is 362 g/mol. The van der Waals surface area contributed by atoms with Crippen LogP contribution in [0.4, 0.5) is 10.3 Å². The summed E-state index contributed by atoms with van der Waals surface area (Å²) in [4.78, 5) is 18.0. The molecule has 3 aromatic rings. The van der Waals surface area contributed by atoms with Crippen molar-refractivity contribution in [3.8, 4) is 11.3 Å². The van der Waals surface area contributed by atoms with Crippen LogP contribution in [0.1, 0.15) is 10.4 Å². The second kappa shape index (κ2) is 6.50. The molecule has 0 bridgehead atoms. The number of nitrogens with one attached hydrogen (secondary N) is 1. The van der Waals surface area contributed by atoms with Gasteiger partial charge in [0.05, 0.1) is 11.4 Å². The Labute approximate surface area is 150 Å². The fourth-order valence-electron chi connectivity index (χ4n) is 2.56. The van der Waals surface area contributed by atoms with Gasteiger partial charge in [-0.3, -0.25) is 4.79 Å².